The molecule has 222 valence electrons. The molecule has 1 rings (SSSR count). The van der Waals surface area contributed by atoms with Crippen molar-refractivity contribution in [1.29, 1.82) is 0 Å². The number of aryl methyl sites for hydroxylation is 2. The molecule has 7 nitrogen and oxygen atoms in total. The molecular weight excluding hydrogens is 510 g/mol. The first kappa shape index (κ1) is 34.8. The molecule has 8 heteroatoms. The second-order valence-corrected chi connectivity index (χ2v) is 12.9. The standard InChI is InChI=1S/C31H53N3O4S/c1-11-12-19-32-28(35)27(26-22(4)14-13-15-23(26)5)34(24(6)17-16-21(2)3)29(36)25(18-20-39-10)33-30(37)38-31(7,8)9/h13-15,21,24-25,27H,11-12,16-20H2,1-10H3,(H,32,35)(H,33,37). The van der Waals surface area contributed by atoms with Gasteiger partial charge < -0.3 is 20.3 Å². The molecule has 0 spiro atoms. The van der Waals surface area contributed by atoms with Gasteiger partial charge in [-0.05, 0) is 102 Å². The average molecular weight is 564 g/mol. The van der Waals surface area contributed by atoms with E-state index < -0.39 is 23.8 Å². The van der Waals surface area contributed by atoms with Crippen LogP contribution in [0.15, 0.2) is 18.2 Å². The van der Waals surface area contributed by atoms with E-state index in [0.717, 1.165) is 42.4 Å². The first-order chi connectivity index (χ1) is 18.2. The van der Waals surface area contributed by atoms with Crippen molar-refractivity contribution in [2.24, 2.45) is 5.92 Å². The first-order valence-corrected chi connectivity index (χ1v) is 15.8. The Bertz CT molecular complexity index is 909. The number of hydrogen-bond donors (Lipinski definition) is 2. The van der Waals surface area contributed by atoms with Crippen LogP contribution in [0.4, 0.5) is 4.79 Å². The molecule has 0 fully saturated rings. The van der Waals surface area contributed by atoms with Crippen molar-refractivity contribution >= 4 is 29.7 Å². The van der Waals surface area contributed by atoms with Crippen molar-refractivity contribution in [3.05, 3.63) is 34.9 Å². The van der Waals surface area contributed by atoms with Crippen molar-refractivity contribution < 1.29 is 19.1 Å². The number of thioether (sulfide) groups is 1. The van der Waals surface area contributed by atoms with Gasteiger partial charge in [0.25, 0.3) is 0 Å². The zero-order valence-corrected chi connectivity index (χ0v) is 26.8. The summed E-state index contributed by atoms with van der Waals surface area (Å²) in [7, 11) is 0. The predicted octanol–water partition coefficient (Wildman–Crippen LogP) is 6.56. The number of rotatable bonds is 15. The molecule has 0 saturated carbocycles. The van der Waals surface area contributed by atoms with Crippen LogP contribution in [0.1, 0.15) is 103 Å². The molecule has 39 heavy (non-hydrogen) atoms. The number of hydrogen-bond acceptors (Lipinski definition) is 5. The van der Waals surface area contributed by atoms with Crippen LogP contribution in [0, 0.1) is 19.8 Å². The highest BCUT2D eigenvalue weighted by Gasteiger charge is 2.39. The molecule has 2 N–H and O–H groups in total. The van der Waals surface area contributed by atoms with E-state index in [1.54, 1.807) is 37.4 Å². The lowest BCUT2D eigenvalue weighted by atomic mass is 9.91. The van der Waals surface area contributed by atoms with Crippen LogP contribution in [-0.2, 0) is 14.3 Å². The molecule has 0 aliphatic heterocycles. The van der Waals surface area contributed by atoms with E-state index >= 15 is 0 Å². The van der Waals surface area contributed by atoms with Gasteiger partial charge in [-0.3, -0.25) is 9.59 Å². The van der Waals surface area contributed by atoms with Crippen molar-refractivity contribution in [3.8, 4) is 0 Å². The van der Waals surface area contributed by atoms with Gasteiger partial charge in [0.15, 0.2) is 0 Å². The molecule has 0 bridgehead atoms. The fraction of sp³-hybridized carbons (Fsp3) is 0.710. The largest absolute Gasteiger partial charge is 0.444 e. The quantitative estimate of drug-likeness (QED) is 0.236. The van der Waals surface area contributed by atoms with E-state index in [9.17, 15) is 14.4 Å². The van der Waals surface area contributed by atoms with E-state index in [0.29, 0.717) is 24.6 Å². The Morgan fingerprint density at radius 1 is 1.03 bits per heavy atom. The second kappa shape index (κ2) is 16.8. The van der Waals surface area contributed by atoms with E-state index in [2.05, 4.69) is 31.4 Å². The summed E-state index contributed by atoms with van der Waals surface area (Å²) in [5.74, 6) is 0.682. The molecule has 3 atom stereocenters. The van der Waals surface area contributed by atoms with Crippen molar-refractivity contribution in [2.75, 3.05) is 18.6 Å². The Hall–Kier alpha value is -2.22. The van der Waals surface area contributed by atoms with Crippen molar-refractivity contribution in [3.63, 3.8) is 0 Å². The topological polar surface area (TPSA) is 87.7 Å². The number of benzene rings is 1. The number of unbranched alkanes of at least 4 members (excludes halogenated alkanes) is 1. The number of nitrogens with one attached hydrogen (secondary N) is 2. The molecule has 0 aliphatic carbocycles. The molecular formula is C31H53N3O4S. The highest BCUT2D eigenvalue weighted by atomic mass is 32.2. The minimum absolute atomic E-state index is 0.188. The van der Waals surface area contributed by atoms with Crippen molar-refractivity contribution in [2.45, 2.75) is 118 Å². The highest BCUT2D eigenvalue weighted by Crippen LogP contribution is 2.32. The van der Waals surface area contributed by atoms with Crippen LogP contribution in [0.25, 0.3) is 0 Å². The first-order valence-electron chi connectivity index (χ1n) is 14.4. The molecule has 0 aromatic heterocycles. The Morgan fingerprint density at radius 2 is 1.64 bits per heavy atom. The van der Waals surface area contributed by atoms with E-state index in [1.165, 1.54) is 0 Å². The van der Waals surface area contributed by atoms with Gasteiger partial charge in [-0.2, -0.15) is 11.8 Å². The summed E-state index contributed by atoms with van der Waals surface area (Å²) in [5.41, 5.74) is 2.07. The number of carbonyl (C=O) groups is 3. The van der Waals surface area contributed by atoms with E-state index in [-0.39, 0.29) is 17.9 Å². The molecule has 0 saturated heterocycles. The Morgan fingerprint density at radius 3 is 2.15 bits per heavy atom. The summed E-state index contributed by atoms with van der Waals surface area (Å²) in [5, 5.41) is 5.93. The minimum atomic E-state index is -0.816. The number of amides is 3. The summed E-state index contributed by atoms with van der Waals surface area (Å²) in [6, 6.07) is 4.09. The van der Waals surface area contributed by atoms with Gasteiger partial charge in [-0.1, -0.05) is 45.4 Å². The number of nitrogens with zero attached hydrogens (tertiary/aromatic N) is 1. The minimum Gasteiger partial charge on any atom is -0.444 e. The third-order valence-corrected chi connectivity index (χ3v) is 7.31. The van der Waals surface area contributed by atoms with Crippen LogP contribution in [0.5, 0.6) is 0 Å². The van der Waals surface area contributed by atoms with Gasteiger partial charge in [0, 0.05) is 12.6 Å². The van der Waals surface area contributed by atoms with Gasteiger partial charge in [0.05, 0.1) is 0 Å². The molecule has 3 unspecified atom stereocenters. The van der Waals surface area contributed by atoms with Crippen LogP contribution in [-0.4, -0.2) is 59.0 Å². The summed E-state index contributed by atoms with van der Waals surface area (Å²) >= 11 is 1.61. The van der Waals surface area contributed by atoms with Gasteiger partial charge >= 0.3 is 6.09 Å². The lowest BCUT2D eigenvalue weighted by molar-refractivity contribution is -0.145. The maximum atomic E-state index is 14.5. The number of ether oxygens (including phenoxy) is 1. The second-order valence-electron chi connectivity index (χ2n) is 11.9. The third-order valence-electron chi connectivity index (χ3n) is 6.66. The SMILES string of the molecule is CCCCNC(=O)C(c1c(C)cccc1C)N(C(=O)C(CCSC)NC(=O)OC(C)(C)C)C(C)CCC(C)C. The maximum Gasteiger partial charge on any atom is 0.408 e. The van der Waals surface area contributed by atoms with E-state index in [4.69, 9.17) is 4.74 Å². The summed E-state index contributed by atoms with van der Waals surface area (Å²) in [4.78, 5) is 43.0. The van der Waals surface area contributed by atoms with Crippen LogP contribution in [0.3, 0.4) is 0 Å². The fourth-order valence-electron chi connectivity index (χ4n) is 4.58. The number of carbonyl (C=O) groups excluding carboxylic acids is 3. The Balaban J connectivity index is 3.66. The Kier molecular flexibility index (Phi) is 15.0. The zero-order valence-electron chi connectivity index (χ0n) is 26.0. The van der Waals surface area contributed by atoms with Gasteiger partial charge in [-0.15, -0.1) is 0 Å². The van der Waals surface area contributed by atoms with Crippen LogP contribution >= 0.6 is 11.8 Å². The Labute approximate surface area is 241 Å². The van der Waals surface area contributed by atoms with E-state index in [1.807, 2.05) is 45.2 Å². The predicted molar refractivity (Wildman–Crippen MR) is 163 cm³/mol. The molecule has 1 aromatic carbocycles. The molecule has 0 aliphatic rings. The van der Waals surface area contributed by atoms with Crippen LogP contribution < -0.4 is 10.6 Å². The fourth-order valence-corrected chi connectivity index (χ4v) is 5.05. The summed E-state index contributed by atoms with van der Waals surface area (Å²) < 4.78 is 5.51. The van der Waals surface area contributed by atoms with Gasteiger partial charge in [0.2, 0.25) is 11.8 Å². The van der Waals surface area contributed by atoms with Crippen LogP contribution in [0.2, 0.25) is 0 Å². The zero-order chi connectivity index (χ0) is 29.8. The molecule has 0 heterocycles. The third kappa shape index (κ3) is 11.8. The normalized spacial score (nSPS) is 13.9. The summed E-state index contributed by atoms with van der Waals surface area (Å²) in [6.07, 6.45) is 5.25. The maximum absolute atomic E-state index is 14.5. The summed E-state index contributed by atoms with van der Waals surface area (Å²) in [6.45, 7) is 18.3. The monoisotopic (exact) mass is 563 g/mol. The lowest BCUT2D eigenvalue weighted by Crippen LogP contribution is -2.56. The molecule has 0 radical (unpaired) electrons. The smallest absolute Gasteiger partial charge is 0.408 e. The van der Waals surface area contributed by atoms with Gasteiger partial charge in [0.1, 0.15) is 17.7 Å². The highest BCUT2D eigenvalue weighted by molar-refractivity contribution is 7.98. The lowest BCUT2D eigenvalue weighted by Gasteiger charge is -2.39. The molecule has 1 aromatic rings. The molecule has 3 amide bonds. The number of alkyl carbamates (subject to hydrolysis) is 1. The van der Waals surface area contributed by atoms with Gasteiger partial charge in [-0.25, -0.2) is 4.79 Å². The average Bonchev–Trinajstić information content (AvgIpc) is 2.83. The van der Waals surface area contributed by atoms with Crippen molar-refractivity contribution in [1.82, 2.24) is 15.5 Å².